The van der Waals surface area contributed by atoms with E-state index < -0.39 is 97.0 Å². The van der Waals surface area contributed by atoms with Gasteiger partial charge in [0.2, 0.25) is 11.9 Å². The first-order valence-corrected chi connectivity index (χ1v) is 22.5. The van der Waals surface area contributed by atoms with Crippen LogP contribution in [-0.2, 0) is 25.8 Å². The van der Waals surface area contributed by atoms with Crippen LogP contribution in [0, 0.1) is 25.7 Å². The first-order valence-electron chi connectivity index (χ1n) is 22.5. The van der Waals surface area contributed by atoms with Crippen molar-refractivity contribution in [2.75, 3.05) is 36.8 Å². The standard InChI is InChI=1S/C48H46F10N12O2/c1-26-8-5-6-10-33(26)35-23-68(4)67-40(35)42(72)70-25-46(51,52)16-30(37(70)22-65-44-62-19-32(20-63-44)48(56,57)58)14-29-9-7-13-59-38(29)34-12-11-28(3)66-39(34)41(71)69-24-45(49,50)15-27(2)36(69)21-64-43-60-17-31(18-61-43)47(53,54)55/h5-13,17-20,23,27,30,36-37H,14-16,21-22,24-25H2,1-4H3,(H,60,61,64)(H,62,63,65)/t27-,30-,36?,37?/m1/s1. The normalized spacial score (nSPS) is 20.0. The highest BCUT2D eigenvalue weighted by molar-refractivity contribution is 6.00. The third-order valence-electron chi connectivity index (χ3n) is 12.7. The number of halogens is 10. The lowest BCUT2D eigenvalue weighted by atomic mass is 9.81. The molecule has 2 fully saturated rings. The minimum Gasteiger partial charge on any atom is -0.352 e. The lowest BCUT2D eigenvalue weighted by Gasteiger charge is -2.45. The van der Waals surface area contributed by atoms with E-state index in [-0.39, 0.29) is 59.6 Å². The molecule has 0 radical (unpaired) electrons. The molecular formula is C48H46F10N12O2. The maximum atomic E-state index is 16.3. The SMILES string of the molecule is Cc1ccc(-c2ncccc2C[C@@H]2CC(F)(F)CN(C(=O)c3nn(C)cc3-c3ccccc3C)C2CNc2ncc(C(F)(F)F)cn2)c(C(=O)N2CC(F)(F)C[C@@H](C)C2CNc2ncc(C(F)(F)F)cn2)n1. The fourth-order valence-electron chi connectivity index (χ4n) is 9.34. The number of amides is 2. The summed E-state index contributed by atoms with van der Waals surface area (Å²) in [6.07, 6.45) is -5.93. The Morgan fingerprint density at radius 2 is 1.24 bits per heavy atom. The van der Waals surface area contributed by atoms with Gasteiger partial charge in [0.15, 0.2) is 5.69 Å². The number of nitrogens with one attached hydrogen (secondary N) is 2. The minimum atomic E-state index is -4.75. The maximum Gasteiger partial charge on any atom is 0.419 e. The number of nitrogens with zero attached hydrogens (tertiary/aromatic N) is 10. The van der Waals surface area contributed by atoms with Gasteiger partial charge >= 0.3 is 12.4 Å². The Bertz CT molecular complexity index is 2930. The third kappa shape index (κ3) is 11.3. The molecule has 24 heteroatoms. The number of anilines is 2. The quantitative estimate of drug-likeness (QED) is 0.113. The van der Waals surface area contributed by atoms with Crippen molar-refractivity contribution < 1.29 is 53.5 Å². The van der Waals surface area contributed by atoms with Crippen LogP contribution in [-0.4, -0.2) is 111 Å². The van der Waals surface area contributed by atoms with Crippen molar-refractivity contribution in [1.82, 2.24) is 49.5 Å². The van der Waals surface area contributed by atoms with Crippen molar-refractivity contribution in [3.8, 4) is 22.4 Å². The summed E-state index contributed by atoms with van der Waals surface area (Å²) in [5.41, 5.74) is -0.183. The van der Waals surface area contributed by atoms with E-state index in [0.717, 1.165) is 15.4 Å². The number of rotatable bonds is 12. The van der Waals surface area contributed by atoms with E-state index in [9.17, 15) is 35.9 Å². The molecule has 14 nitrogen and oxygen atoms in total. The highest BCUT2D eigenvalue weighted by Crippen LogP contribution is 2.41. The third-order valence-corrected chi connectivity index (χ3v) is 12.7. The number of alkyl halides is 10. The summed E-state index contributed by atoms with van der Waals surface area (Å²) in [7, 11) is 1.57. The Labute approximate surface area is 405 Å². The summed E-state index contributed by atoms with van der Waals surface area (Å²) in [5.74, 6) is -11.2. The summed E-state index contributed by atoms with van der Waals surface area (Å²) in [6.45, 7) is 2.18. The molecule has 72 heavy (non-hydrogen) atoms. The summed E-state index contributed by atoms with van der Waals surface area (Å²) in [5, 5.41) is 10.0. The van der Waals surface area contributed by atoms with Crippen LogP contribution in [0.5, 0.6) is 0 Å². The zero-order chi connectivity index (χ0) is 51.9. The second-order valence-electron chi connectivity index (χ2n) is 18.2. The van der Waals surface area contributed by atoms with Gasteiger partial charge < -0.3 is 20.4 Å². The van der Waals surface area contributed by atoms with E-state index in [2.05, 4.69) is 45.6 Å². The van der Waals surface area contributed by atoms with Crippen molar-refractivity contribution in [3.05, 3.63) is 125 Å². The van der Waals surface area contributed by atoms with Crippen molar-refractivity contribution >= 4 is 23.7 Å². The average molecular weight is 1010 g/mol. The van der Waals surface area contributed by atoms with Gasteiger partial charge in [-0.3, -0.25) is 19.3 Å². The van der Waals surface area contributed by atoms with E-state index in [1.807, 2.05) is 13.0 Å². The number of pyridine rings is 2. The first-order chi connectivity index (χ1) is 33.9. The molecule has 4 atom stereocenters. The summed E-state index contributed by atoms with van der Waals surface area (Å²) < 4.78 is 145. The maximum absolute atomic E-state index is 16.3. The number of likely N-dealkylation sites (tertiary alicyclic amines) is 2. The van der Waals surface area contributed by atoms with Crippen molar-refractivity contribution in [3.63, 3.8) is 0 Å². The number of aromatic nitrogens is 8. The Kier molecular flexibility index (Phi) is 14.0. The van der Waals surface area contributed by atoms with Gasteiger partial charge in [0.05, 0.1) is 42.0 Å². The number of piperidine rings is 2. The summed E-state index contributed by atoms with van der Waals surface area (Å²) in [4.78, 5) is 55.5. The molecule has 5 aromatic heterocycles. The number of benzene rings is 1. The van der Waals surface area contributed by atoms with E-state index in [1.165, 1.54) is 29.9 Å². The van der Waals surface area contributed by atoms with Crippen molar-refractivity contribution in [1.29, 1.82) is 0 Å². The molecule has 2 aliphatic rings. The molecule has 0 bridgehead atoms. The van der Waals surface area contributed by atoms with Gasteiger partial charge in [-0.2, -0.15) is 31.4 Å². The number of hydrogen-bond donors (Lipinski definition) is 2. The van der Waals surface area contributed by atoms with E-state index in [1.54, 1.807) is 50.5 Å². The molecular weight excluding hydrogens is 967 g/mol. The molecule has 2 aliphatic heterocycles. The Balaban J connectivity index is 1.15. The lowest BCUT2D eigenvalue weighted by molar-refractivity contribution is -0.138. The van der Waals surface area contributed by atoms with Gasteiger partial charge in [0.1, 0.15) is 5.69 Å². The van der Waals surface area contributed by atoms with Crippen molar-refractivity contribution in [2.24, 2.45) is 18.9 Å². The molecule has 380 valence electrons. The van der Waals surface area contributed by atoms with Crippen LogP contribution >= 0.6 is 0 Å². The predicted octanol–water partition coefficient (Wildman–Crippen LogP) is 9.20. The first kappa shape index (κ1) is 51.1. The van der Waals surface area contributed by atoms with Gasteiger partial charge in [0.25, 0.3) is 23.7 Å². The molecule has 2 unspecified atom stereocenters. The van der Waals surface area contributed by atoms with Gasteiger partial charge in [-0.05, 0) is 67.0 Å². The van der Waals surface area contributed by atoms with E-state index in [0.29, 0.717) is 41.6 Å². The number of carbonyl (C=O) groups is 2. The molecule has 7 heterocycles. The van der Waals surface area contributed by atoms with Gasteiger partial charge in [-0.1, -0.05) is 37.3 Å². The van der Waals surface area contributed by atoms with Crippen LogP contribution in [0.3, 0.4) is 0 Å². The van der Waals surface area contributed by atoms with E-state index in [4.69, 9.17) is 0 Å². The van der Waals surface area contributed by atoms with E-state index >= 15 is 17.6 Å². The number of aryl methyl sites for hydroxylation is 3. The zero-order valence-electron chi connectivity index (χ0n) is 38.9. The Hall–Kier alpha value is -7.27. The van der Waals surface area contributed by atoms with Gasteiger partial charge in [0, 0.05) is 87.0 Å². The molecule has 8 rings (SSSR count). The van der Waals surface area contributed by atoms with Crippen LogP contribution in [0.1, 0.15) is 68.7 Å². The highest BCUT2D eigenvalue weighted by atomic mass is 19.4. The molecule has 2 amide bonds. The monoisotopic (exact) mass is 1010 g/mol. The smallest absolute Gasteiger partial charge is 0.352 e. The topological polar surface area (TPSA) is 160 Å². The molecule has 2 saturated heterocycles. The largest absolute Gasteiger partial charge is 0.419 e. The Morgan fingerprint density at radius 1 is 0.681 bits per heavy atom. The van der Waals surface area contributed by atoms with Crippen LogP contribution < -0.4 is 10.6 Å². The molecule has 2 N–H and O–H groups in total. The second kappa shape index (κ2) is 19.7. The second-order valence-corrected chi connectivity index (χ2v) is 18.2. The lowest BCUT2D eigenvalue weighted by Crippen LogP contribution is -2.58. The number of hydrogen-bond acceptors (Lipinski definition) is 11. The van der Waals surface area contributed by atoms with Crippen LogP contribution in [0.25, 0.3) is 22.4 Å². The summed E-state index contributed by atoms with van der Waals surface area (Å²) >= 11 is 0. The van der Waals surface area contributed by atoms with Crippen LogP contribution in [0.4, 0.5) is 55.8 Å². The fourth-order valence-corrected chi connectivity index (χ4v) is 9.34. The van der Waals surface area contributed by atoms with Crippen LogP contribution in [0.2, 0.25) is 0 Å². The fraction of sp³-hybridized carbons (Fsp3) is 0.396. The highest BCUT2D eigenvalue weighted by Gasteiger charge is 2.50. The molecule has 0 aliphatic carbocycles. The molecule has 0 saturated carbocycles. The van der Waals surface area contributed by atoms with Gasteiger partial charge in [-0.15, -0.1) is 0 Å². The van der Waals surface area contributed by atoms with Crippen LogP contribution in [0.15, 0.2) is 85.7 Å². The predicted molar refractivity (Wildman–Crippen MR) is 242 cm³/mol. The average Bonchev–Trinajstić information content (AvgIpc) is 3.70. The summed E-state index contributed by atoms with van der Waals surface area (Å²) in [6, 6.07) is 11.1. The number of carbonyl (C=O) groups excluding carboxylic acids is 2. The molecule has 1 aromatic carbocycles. The minimum absolute atomic E-state index is 0.0558. The molecule has 0 spiro atoms. The molecule has 6 aromatic rings. The zero-order valence-corrected chi connectivity index (χ0v) is 38.9. The Morgan fingerprint density at radius 3 is 1.83 bits per heavy atom. The van der Waals surface area contributed by atoms with Crippen molar-refractivity contribution in [2.45, 2.75) is 76.3 Å². The van der Waals surface area contributed by atoms with Gasteiger partial charge in [-0.25, -0.2) is 42.5 Å².